The number of benzene rings is 2. The standard InChI is InChI=1S/C16H14BrClFNO/c17-13-6-11-3-4-21-16(11)12(7-13)9-20-8-10-1-2-14(18)15(19)5-10/h1-2,5-7,20H,3-4,8-9H2. The molecule has 2 nitrogen and oxygen atoms in total. The number of halogens is 3. The molecule has 0 aliphatic carbocycles. The molecule has 0 radical (unpaired) electrons. The van der Waals surface area contributed by atoms with Gasteiger partial charge in [-0.3, -0.25) is 0 Å². The summed E-state index contributed by atoms with van der Waals surface area (Å²) in [5.74, 6) is 0.593. The average molecular weight is 371 g/mol. The van der Waals surface area contributed by atoms with E-state index in [1.165, 1.54) is 11.6 Å². The summed E-state index contributed by atoms with van der Waals surface area (Å²) in [6.45, 7) is 1.99. The molecule has 1 heterocycles. The number of ether oxygens (including phenoxy) is 1. The number of hydrogen-bond acceptors (Lipinski definition) is 2. The van der Waals surface area contributed by atoms with Gasteiger partial charge in [0.2, 0.25) is 0 Å². The highest BCUT2D eigenvalue weighted by atomic mass is 79.9. The molecule has 0 spiro atoms. The van der Waals surface area contributed by atoms with Crippen molar-refractivity contribution in [2.45, 2.75) is 19.5 Å². The predicted molar refractivity (Wildman–Crippen MR) is 85.3 cm³/mol. The van der Waals surface area contributed by atoms with Gasteiger partial charge in [-0.05, 0) is 35.4 Å². The van der Waals surface area contributed by atoms with Crippen molar-refractivity contribution in [1.29, 1.82) is 0 Å². The SMILES string of the molecule is Fc1cc(CNCc2cc(Br)cc3c2OCC3)ccc1Cl. The lowest BCUT2D eigenvalue weighted by Gasteiger charge is -2.10. The van der Waals surface area contributed by atoms with Gasteiger partial charge in [-0.15, -0.1) is 0 Å². The number of fused-ring (bicyclic) bond motifs is 1. The monoisotopic (exact) mass is 369 g/mol. The summed E-state index contributed by atoms with van der Waals surface area (Å²) in [7, 11) is 0. The van der Waals surface area contributed by atoms with Gasteiger partial charge in [0.25, 0.3) is 0 Å². The van der Waals surface area contributed by atoms with Gasteiger partial charge in [0.05, 0.1) is 11.6 Å². The van der Waals surface area contributed by atoms with Crippen molar-refractivity contribution in [3.05, 3.63) is 62.3 Å². The van der Waals surface area contributed by atoms with Crippen molar-refractivity contribution in [1.82, 2.24) is 5.32 Å². The molecule has 110 valence electrons. The third-order valence-electron chi connectivity index (χ3n) is 3.45. The van der Waals surface area contributed by atoms with Crippen LogP contribution in [0, 0.1) is 5.82 Å². The zero-order valence-corrected chi connectivity index (χ0v) is 13.6. The van der Waals surface area contributed by atoms with Crippen LogP contribution in [-0.2, 0) is 19.5 Å². The van der Waals surface area contributed by atoms with E-state index in [1.807, 2.05) is 6.07 Å². The molecule has 0 bridgehead atoms. The summed E-state index contributed by atoms with van der Waals surface area (Å²) in [6.07, 6.45) is 0.949. The normalized spacial score (nSPS) is 13.1. The summed E-state index contributed by atoms with van der Waals surface area (Å²) in [6, 6.07) is 9.01. The van der Waals surface area contributed by atoms with E-state index in [-0.39, 0.29) is 10.8 Å². The lowest BCUT2D eigenvalue weighted by molar-refractivity contribution is 0.352. The second-order valence-electron chi connectivity index (χ2n) is 5.00. The van der Waals surface area contributed by atoms with Gasteiger partial charge >= 0.3 is 0 Å². The molecule has 1 aliphatic rings. The maximum atomic E-state index is 13.4. The smallest absolute Gasteiger partial charge is 0.142 e. The second-order valence-corrected chi connectivity index (χ2v) is 6.33. The molecule has 0 saturated carbocycles. The molecular formula is C16H14BrClFNO. The molecule has 2 aromatic carbocycles. The fourth-order valence-corrected chi connectivity index (χ4v) is 3.14. The van der Waals surface area contributed by atoms with Crippen molar-refractivity contribution in [3.8, 4) is 5.75 Å². The molecule has 0 saturated heterocycles. The van der Waals surface area contributed by atoms with Gasteiger partial charge in [-0.25, -0.2) is 4.39 Å². The minimum Gasteiger partial charge on any atom is -0.493 e. The van der Waals surface area contributed by atoms with E-state index in [4.69, 9.17) is 16.3 Å². The first kappa shape index (κ1) is 14.8. The highest BCUT2D eigenvalue weighted by molar-refractivity contribution is 9.10. The lowest BCUT2D eigenvalue weighted by Crippen LogP contribution is -2.13. The molecule has 1 aliphatic heterocycles. The molecule has 3 rings (SSSR count). The zero-order chi connectivity index (χ0) is 14.8. The quantitative estimate of drug-likeness (QED) is 0.857. The Morgan fingerprint density at radius 1 is 1.24 bits per heavy atom. The molecule has 2 aromatic rings. The second kappa shape index (κ2) is 6.34. The predicted octanol–water partition coefficient (Wildman–Crippen LogP) is 4.47. The van der Waals surface area contributed by atoms with Gasteiger partial charge in [0.1, 0.15) is 11.6 Å². The molecule has 5 heteroatoms. The lowest BCUT2D eigenvalue weighted by atomic mass is 10.1. The molecule has 0 fully saturated rings. The minimum atomic E-state index is -0.386. The largest absolute Gasteiger partial charge is 0.493 e. The van der Waals surface area contributed by atoms with E-state index in [0.717, 1.165) is 34.4 Å². The Morgan fingerprint density at radius 2 is 2.10 bits per heavy atom. The maximum Gasteiger partial charge on any atom is 0.142 e. The summed E-state index contributed by atoms with van der Waals surface area (Å²) < 4.78 is 20.1. The van der Waals surface area contributed by atoms with Gasteiger partial charge in [0, 0.05) is 29.5 Å². The molecule has 0 amide bonds. The fraction of sp³-hybridized carbons (Fsp3) is 0.250. The van der Waals surface area contributed by atoms with Gasteiger partial charge in [-0.2, -0.15) is 0 Å². The highest BCUT2D eigenvalue weighted by Gasteiger charge is 2.17. The molecule has 21 heavy (non-hydrogen) atoms. The first-order chi connectivity index (χ1) is 10.1. The van der Waals surface area contributed by atoms with E-state index in [9.17, 15) is 4.39 Å². The van der Waals surface area contributed by atoms with E-state index >= 15 is 0 Å². The third kappa shape index (κ3) is 3.39. The van der Waals surface area contributed by atoms with Crippen LogP contribution in [0.4, 0.5) is 4.39 Å². The van der Waals surface area contributed by atoms with E-state index in [0.29, 0.717) is 13.1 Å². The average Bonchev–Trinajstić information content (AvgIpc) is 2.91. The molecule has 0 atom stereocenters. The molecule has 0 aromatic heterocycles. The van der Waals surface area contributed by atoms with E-state index in [1.54, 1.807) is 6.07 Å². The van der Waals surface area contributed by atoms with Crippen molar-refractivity contribution in [3.63, 3.8) is 0 Å². The van der Waals surface area contributed by atoms with Crippen LogP contribution in [0.15, 0.2) is 34.8 Å². The van der Waals surface area contributed by atoms with E-state index in [2.05, 4.69) is 33.4 Å². The Kier molecular flexibility index (Phi) is 4.48. The number of rotatable bonds is 4. The Morgan fingerprint density at radius 3 is 2.90 bits per heavy atom. The Labute approximate surface area is 136 Å². The van der Waals surface area contributed by atoms with Gasteiger partial charge in [-0.1, -0.05) is 33.6 Å². The minimum absolute atomic E-state index is 0.150. The number of nitrogens with one attached hydrogen (secondary N) is 1. The summed E-state index contributed by atoms with van der Waals surface area (Å²) in [5.41, 5.74) is 3.22. The van der Waals surface area contributed by atoms with Crippen LogP contribution < -0.4 is 10.1 Å². The Bertz CT molecular complexity index is 678. The molecule has 0 unspecified atom stereocenters. The Balaban J connectivity index is 1.67. The van der Waals surface area contributed by atoms with Crippen LogP contribution >= 0.6 is 27.5 Å². The van der Waals surface area contributed by atoms with Crippen LogP contribution in [0.25, 0.3) is 0 Å². The van der Waals surface area contributed by atoms with Crippen LogP contribution in [-0.4, -0.2) is 6.61 Å². The van der Waals surface area contributed by atoms with Crippen molar-refractivity contribution in [2.24, 2.45) is 0 Å². The highest BCUT2D eigenvalue weighted by Crippen LogP contribution is 2.32. The maximum absolute atomic E-state index is 13.4. The molecular weight excluding hydrogens is 357 g/mol. The van der Waals surface area contributed by atoms with Crippen LogP contribution in [0.2, 0.25) is 5.02 Å². The van der Waals surface area contributed by atoms with Crippen molar-refractivity contribution in [2.75, 3.05) is 6.61 Å². The fourth-order valence-electron chi connectivity index (χ4n) is 2.47. The van der Waals surface area contributed by atoms with Gasteiger partial charge in [0.15, 0.2) is 0 Å². The van der Waals surface area contributed by atoms with Gasteiger partial charge < -0.3 is 10.1 Å². The first-order valence-corrected chi connectivity index (χ1v) is 7.89. The van der Waals surface area contributed by atoms with Crippen molar-refractivity contribution >= 4 is 27.5 Å². The first-order valence-electron chi connectivity index (χ1n) is 6.72. The zero-order valence-electron chi connectivity index (χ0n) is 11.3. The summed E-state index contributed by atoms with van der Waals surface area (Å²) in [5, 5.41) is 3.46. The van der Waals surface area contributed by atoms with Crippen LogP contribution in [0.3, 0.4) is 0 Å². The van der Waals surface area contributed by atoms with Crippen LogP contribution in [0.5, 0.6) is 5.75 Å². The van der Waals surface area contributed by atoms with E-state index < -0.39 is 0 Å². The summed E-state index contributed by atoms with van der Waals surface area (Å²) >= 11 is 9.20. The molecule has 1 N–H and O–H groups in total. The van der Waals surface area contributed by atoms with Crippen molar-refractivity contribution < 1.29 is 9.13 Å². The third-order valence-corrected chi connectivity index (χ3v) is 4.22. The topological polar surface area (TPSA) is 21.3 Å². The Hall–Kier alpha value is -1.10. The summed E-state index contributed by atoms with van der Waals surface area (Å²) in [4.78, 5) is 0. The van der Waals surface area contributed by atoms with Crippen LogP contribution in [0.1, 0.15) is 16.7 Å². The number of hydrogen-bond donors (Lipinski definition) is 1.